The van der Waals surface area contributed by atoms with Gasteiger partial charge in [0.25, 0.3) is 0 Å². The van der Waals surface area contributed by atoms with Gasteiger partial charge in [-0.1, -0.05) is 30.3 Å². The molecule has 3 aromatic rings. The van der Waals surface area contributed by atoms with Crippen LogP contribution in [0.25, 0.3) is 10.9 Å². The summed E-state index contributed by atoms with van der Waals surface area (Å²) in [6.45, 7) is 2.92. The average Bonchev–Trinajstić information content (AvgIpc) is 3.34. The van der Waals surface area contributed by atoms with Crippen LogP contribution in [0.2, 0.25) is 0 Å². The highest BCUT2D eigenvalue weighted by Crippen LogP contribution is 2.30. The van der Waals surface area contributed by atoms with E-state index >= 15 is 0 Å². The second kappa shape index (κ2) is 6.07. The number of hydrogen-bond acceptors (Lipinski definition) is 5. The van der Waals surface area contributed by atoms with E-state index in [4.69, 9.17) is 4.52 Å². The number of hydrogen-bond donors (Lipinski definition) is 0. The Balaban J connectivity index is 1.54. The molecule has 0 N–H and O–H groups in total. The van der Waals surface area contributed by atoms with Crippen LogP contribution in [0.15, 0.2) is 35.0 Å². The zero-order valence-corrected chi connectivity index (χ0v) is 13.6. The highest BCUT2D eigenvalue weighted by atomic mass is 16.5. The molecule has 0 spiro atoms. The summed E-state index contributed by atoms with van der Waals surface area (Å²) in [7, 11) is 0. The van der Waals surface area contributed by atoms with Gasteiger partial charge in [0.2, 0.25) is 11.8 Å². The second-order valence-electron chi connectivity index (χ2n) is 6.01. The van der Waals surface area contributed by atoms with Gasteiger partial charge >= 0.3 is 0 Å². The summed E-state index contributed by atoms with van der Waals surface area (Å²) in [5, 5.41) is 9.42. The number of carbonyl (C=O) groups excluding carboxylic acids is 1. The topological polar surface area (TPSA) is 77.1 Å². The summed E-state index contributed by atoms with van der Waals surface area (Å²) in [5.41, 5.74) is 0.967. The Labute approximate surface area is 139 Å². The van der Waals surface area contributed by atoms with E-state index < -0.39 is 0 Å². The van der Waals surface area contributed by atoms with E-state index in [1.54, 1.807) is 10.9 Å². The monoisotopic (exact) mass is 325 g/mol. The number of carbonyl (C=O) groups is 1. The van der Waals surface area contributed by atoms with Gasteiger partial charge in [0.1, 0.15) is 6.54 Å². The Morgan fingerprint density at radius 2 is 2.25 bits per heavy atom. The van der Waals surface area contributed by atoms with Crippen LogP contribution in [-0.4, -0.2) is 37.3 Å². The predicted molar refractivity (Wildman–Crippen MR) is 87.1 cm³/mol. The molecule has 7 heteroatoms. The van der Waals surface area contributed by atoms with Gasteiger partial charge in [-0.3, -0.25) is 9.48 Å². The van der Waals surface area contributed by atoms with Crippen molar-refractivity contribution >= 4 is 16.8 Å². The SMILES string of the molecule is CCc1nc([C@H]2CCCN2C(=O)Cn2ncc3ccccc32)no1. The van der Waals surface area contributed by atoms with Crippen molar-refractivity contribution in [2.45, 2.75) is 38.8 Å². The molecular formula is C17H19N5O2. The van der Waals surface area contributed by atoms with E-state index in [0.717, 1.165) is 30.3 Å². The molecule has 124 valence electrons. The number of rotatable bonds is 4. The molecule has 1 aromatic carbocycles. The number of aromatic nitrogens is 4. The number of para-hydroxylation sites is 1. The van der Waals surface area contributed by atoms with Crippen LogP contribution >= 0.6 is 0 Å². The van der Waals surface area contributed by atoms with Crippen molar-refractivity contribution in [1.29, 1.82) is 0 Å². The molecule has 0 aliphatic carbocycles. The van der Waals surface area contributed by atoms with E-state index in [2.05, 4.69) is 15.2 Å². The molecule has 0 bridgehead atoms. The molecule has 1 atom stereocenters. The minimum absolute atomic E-state index is 0.0363. The van der Waals surface area contributed by atoms with Gasteiger partial charge in [-0.15, -0.1) is 0 Å². The normalized spacial score (nSPS) is 17.7. The molecule has 24 heavy (non-hydrogen) atoms. The molecule has 0 saturated carbocycles. The van der Waals surface area contributed by atoms with Gasteiger partial charge < -0.3 is 9.42 Å². The second-order valence-corrected chi connectivity index (χ2v) is 6.01. The van der Waals surface area contributed by atoms with Crippen molar-refractivity contribution in [3.63, 3.8) is 0 Å². The average molecular weight is 325 g/mol. The zero-order valence-electron chi connectivity index (χ0n) is 13.6. The maximum Gasteiger partial charge on any atom is 0.244 e. The van der Waals surface area contributed by atoms with Crippen LogP contribution < -0.4 is 0 Å². The molecule has 1 amide bonds. The first-order chi connectivity index (χ1) is 11.8. The summed E-state index contributed by atoms with van der Waals surface area (Å²) >= 11 is 0. The fourth-order valence-corrected chi connectivity index (χ4v) is 3.25. The van der Waals surface area contributed by atoms with E-state index in [9.17, 15) is 4.79 Å². The standard InChI is InChI=1S/C17H19N5O2/c1-2-15-19-17(20-24-15)14-8-5-9-21(14)16(23)11-22-13-7-4-3-6-12(13)10-18-22/h3-4,6-7,10,14H,2,5,8-9,11H2,1H3/t14-/m1/s1. The van der Waals surface area contributed by atoms with Gasteiger partial charge in [0.05, 0.1) is 17.8 Å². The number of benzene rings is 1. The van der Waals surface area contributed by atoms with Crippen LogP contribution in [0.4, 0.5) is 0 Å². The minimum atomic E-state index is -0.0941. The summed E-state index contributed by atoms with van der Waals surface area (Å²) in [4.78, 5) is 19.0. The lowest BCUT2D eigenvalue weighted by Gasteiger charge is -2.22. The maximum absolute atomic E-state index is 12.8. The van der Waals surface area contributed by atoms with Crippen molar-refractivity contribution in [2.75, 3.05) is 6.54 Å². The summed E-state index contributed by atoms with van der Waals surface area (Å²) in [5.74, 6) is 1.26. The molecule has 0 unspecified atom stereocenters. The molecule has 3 heterocycles. The Bertz CT molecular complexity index is 869. The van der Waals surface area contributed by atoms with Crippen molar-refractivity contribution in [3.8, 4) is 0 Å². The summed E-state index contributed by atoms with van der Waals surface area (Å²) in [6.07, 6.45) is 4.31. The predicted octanol–water partition coefficient (Wildman–Crippen LogP) is 2.35. The van der Waals surface area contributed by atoms with E-state index in [1.807, 2.05) is 36.1 Å². The minimum Gasteiger partial charge on any atom is -0.339 e. The quantitative estimate of drug-likeness (QED) is 0.736. The lowest BCUT2D eigenvalue weighted by atomic mass is 10.2. The van der Waals surface area contributed by atoms with Crippen LogP contribution in [0, 0.1) is 0 Å². The molecule has 0 radical (unpaired) electrons. The smallest absolute Gasteiger partial charge is 0.244 e. The van der Waals surface area contributed by atoms with Crippen LogP contribution in [0.3, 0.4) is 0 Å². The number of nitrogens with zero attached hydrogens (tertiary/aromatic N) is 5. The lowest BCUT2D eigenvalue weighted by Crippen LogP contribution is -2.34. The molecule has 2 aromatic heterocycles. The van der Waals surface area contributed by atoms with Gasteiger partial charge in [0.15, 0.2) is 5.82 Å². The van der Waals surface area contributed by atoms with E-state index in [-0.39, 0.29) is 18.5 Å². The molecule has 1 aliphatic heterocycles. The van der Waals surface area contributed by atoms with Crippen LogP contribution in [0.5, 0.6) is 0 Å². The van der Waals surface area contributed by atoms with Gasteiger partial charge in [-0.25, -0.2) is 0 Å². The molecule has 1 saturated heterocycles. The first kappa shape index (κ1) is 14.9. The number of amides is 1. The van der Waals surface area contributed by atoms with Crippen molar-refractivity contribution in [2.24, 2.45) is 0 Å². The fraction of sp³-hybridized carbons (Fsp3) is 0.412. The zero-order chi connectivity index (χ0) is 16.5. The highest BCUT2D eigenvalue weighted by Gasteiger charge is 2.33. The van der Waals surface area contributed by atoms with Gasteiger partial charge in [-0.2, -0.15) is 10.1 Å². The third kappa shape index (κ3) is 2.55. The summed E-state index contributed by atoms with van der Waals surface area (Å²) in [6, 6.07) is 7.80. The van der Waals surface area contributed by atoms with Crippen molar-refractivity contribution in [3.05, 3.63) is 42.2 Å². The summed E-state index contributed by atoms with van der Waals surface area (Å²) < 4.78 is 6.95. The third-order valence-corrected chi connectivity index (χ3v) is 4.49. The molecule has 4 rings (SSSR count). The van der Waals surface area contributed by atoms with Gasteiger partial charge in [-0.05, 0) is 18.9 Å². The third-order valence-electron chi connectivity index (χ3n) is 4.49. The fourth-order valence-electron chi connectivity index (χ4n) is 3.25. The van der Waals surface area contributed by atoms with Crippen LogP contribution in [0.1, 0.15) is 37.5 Å². The van der Waals surface area contributed by atoms with Crippen LogP contribution in [-0.2, 0) is 17.8 Å². The Morgan fingerprint density at radius 3 is 3.08 bits per heavy atom. The lowest BCUT2D eigenvalue weighted by molar-refractivity contribution is -0.133. The largest absolute Gasteiger partial charge is 0.339 e. The molecular weight excluding hydrogens is 306 g/mol. The Kier molecular flexibility index (Phi) is 3.76. The number of likely N-dealkylation sites (tertiary alicyclic amines) is 1. The van der Waals surface area contributed by atoms with Crippen molar-refractivity contribution < 1.29 is 9.32 Å². The maximum atomic E-state index is 12.8. The first-order valence-corrected chi connectivity index (χ1v) is 8.28. The Hall–Kier alpha value is -2.70. The molecule has 1 aliphatic rings. The Morgan fingerprint density at radius 1 is 1.38 bits per heavy atom. The van der Waals surface area contributed by atoms with E-state index in [1.165, 1.54) is 0 Å². The van der Waals surface area contributed by atoms with Gasteiger partial charge in [0, 0.05) is 18.4 Å². The number of aryl methyl sites for hydroxylation is 1. The van der Waals surface area contributed by atoms with E-state index in [0.29, 0.717) is 18.1 Å². The number of fused-ring (bicyclic) bond motifs is 1. The van der Waals surface area contributed by atoms with Crippen molar-refractivity contribution in [1.82, 2.24) is 24.8 Å². The molecule has 7 nitrogen and oxygen atoms in total. The highest BCUT2D eigenvalue weighted by molar-refractivity contribution is 5.82. The first-order valence-electron chi connectivity index (χ1n) is 8.28. The molecule has 1 fully saturated rings.